The first-order valence-corrected chi connectivity index (χ1v) is 15.5. The fraction of sp³-hybridized carbons (Fsp3) is 0.364. The number of benzene rings is 1. The van der Waals surface area contributed by atoms with Gasteiger partial charge < -0.3 is 9.80 Å². The minimum absolute atomic E-state index is 0.353. The number of thiazole rings is 1. The topological polar surface area (TPSA) is 63.0 Å². The summed E-state index contributed by atoms with van der Waals surface area (Å²) in [5.41, 5.74) is 7.44. The third-order valence-corrected chi connectivity index (χ3v) is 9.62. The number of hydrogen-bond donors (Lipinski definition) is 0. The molecule has 1 aromatic carbocycles. The van der Waals surface area contributed by atoms with Crippen LogP contribution in [0.15, 0.2) is 42.2 Å². The van der Waals surface area contributed by atoms with Gasteiger partial charge in [-0.2, -0.15) is 5.10 Å². The lowest BCUT2D eigenvalue weighted by molar-refractivity contribution is 0.313. The summed E-state index contributed by atoms with van der Waals surface area (Å²) in [6, 6.07) is 8.50. The largest absolute Gasteiger partial charge is 0.354 e. The Hall–Kier alpha value is -1.68. The van der Waals surface area contributed by atoms with Crippen molar-refractivity contribution < 1.29 is 0 Å². The highest BCUT2D eigenvalue weighted by molar-refractivity contribution is 14.2. The smallest absolute Gasteiger partial charge is 0.151 e. The molecule has 3 unspecified atom stereocenters. The molecule has 2 aliphatic rings. The van der Waals surface area contributed by atoms with Gasteiger partial charge in [0.2, 0.25) is 0 Å². The average molecular weight is 575 g/mol. The molecule has 0 bridgehead atoms. The monoisotopic (exact) mass is 575 g/mol. The van der Waals surface area contributed by atoms with Crippen molar-refractivity contribution in [1.82, 2.24) is 29.6 Å². The highest BCUT2D eigenvalue weighted by Gasteiger charge is 2.48. The van der Waals surface area contributed by atoms with Crippen molar-refractivity contribution >= 4 is 55.8 Å². The lowest BCUT2D eigenvalue weighted by Crippen LogP contribution is -2.31. The maximum absolute atomic E-state index is 4.66. The van der Waals surface area contributed by atoms with Crippen LogP contribution in [0.2, 0.25) is 0 Å². The summed E-state index contributed by atoms with van der Waals surface area (Å²) < 4.78 is 3.09. The Balaban J connectivity index is 1.30. The van der Waals surface area contributed by atoms with Gasteiger partial charge in [-0.05, 0) is 47.1 Å². The maximum Gasteiger partial charge on any atom is 0.151 e. The molecule has 6 rings (SSSR count). The number of aromatic nitrogens is 5. The molecule has 2 aliphatic heterocycles. The first-order chi connectivity index (χ1) is 15.5. The molecule has 0 amide bonds. The second-order valence-corrected chi connectivity index (χ2v) is 12.1. The molecule has 2 saturated heterocycles. The molecule has 7 nitrogen and oxygen atoms in total. The lowest BCUT2D eigenvalue weighted by atomic mass is 9.83. The predicted molar refractivity (Wildman–Crippen MR) is 141 cm³/mol. The Morgan fingerprint density at radius 2 is 2.00 bits per heavy atom. The summed E-state index contributed by atoms with van der Waals surface area (Å²) >= 11 is 3.98. The molecule has 10 heteroatoms. The number of hydrogen-bond acceptors (Lipinski definition) is 7. The Morgan fingerprint density at radius 3 is 2.75 bits per heavy atom. The first kappa shape index (κ1) is 20.9. The van der Waals surface area contributed by atoms with Gasteiger partial charge >= 0.3 is 0 Å². The van der Waals surface area contributed by atoms with Crippen LogP contribution in [0.1, 0.15) is 6.92 Å². The van der Waals surface area contributed by atoms with Crippen molar-refractivity contribution in [2.45, 2.75) is 6.92 Å². The van der Waals surface area contributed by atoms with E-state index in [1.165, 1.54) is 6.54 Å². The van der Waals surface area contributed by atoms with Crippen LogP contribution in [0.4, 0.5) is 5.82 Å². The maximum atomic E-state index is 4.66. The molecule has 5 heterocycles. The molecular weight excluding hydrogens is 552 g/mol. The standard InChI is InChI=1S/C22H23IN7PS/c1-22-11-28(2)9-15(22)10-29(12-22)19-6-5-18(26-27-19)17-4-3-16(20-21(17)32-13-24-20)14-7-25-30(8-14)31-23/h3-8,13,15,31H,9-12H2,1-2H3. The van der Waals surface area contributed by atoms with Crippen molar-refractivity contribution in [2.24, 2.45) is 11.3 Å². The zero-order valence-corrected chi connectivity index (χ0v) is 21.8. The summed E-state index contributed by atoms with van der Waals surface area (Å²) in [7, 11) is 2.23. The van der Waals surface area contributed by atoms with E-state index in [1.807, 2.05) is 16.2 Å². The molecule has 0 aliphatic carbocycles. The van der Waals surface area contributed by atoms with Gasteiger partial charge in [-0.15, -0.1) is 21.5 Å². The van der Waals surface area contributed by atoms with Crippen molar-refractivity contribution in [2.75, 3.05) is 38.1 Å². The van der Waals surface area contributed by atoms with Crippen molar-refractivity contribution in [3.05, 3.63) is 42.2 Å². The second kappa shape index (κ2) is 7.97. The van der Waals surface area contributed by atoms with Gasteiger partial charge in [0, 0.05) is 54.5 Å². The van der Waals surface area contributed by atoms with Gasteiger partial charge in [0.25, 0.3) is 0 Å². The Kier molecular flexibility index (Phi) is 5.20. The number of anilines is 1. The Bertz CT molecular complexity index is 1290. The molecule has 0 saturated carbocycles. The van der Waals surface area contributed by atoms with Gasteiger partial charge in [-0.3, -0.25) is 0 Å². The zero-order valence-electron chi connectivity index (χ0n) is 17.9. The fourth-order valence-corrected chi connectivity index (χ4v) is 7.25. The number of nitrogens with zero attached hydrogens (tertiary/aromatic N) is 7. The van der Waals surface area contributed by atoms with Gasteiger partial charge in [0.15, 0.2) is 5.82 Å². The van der Waals surface area contributed by atoms with Gasteiger partial charge in [-0.1, -0.05) is 19.1 Å². The van der Waals surface area contributed by atoms with Crippen LogP contribution < -0.4 is 4.90 Å². The van der Waals surface area contributed by atoms with Gasteiger partial charge in [0.05, 0.1) is 34.0 Å². The summed E-state index contributed by atoms with van der Waals surface area (Å²) in [4.78, 5) is 9.52. The van der Waals surface area contributed by atoms with Crippen LogP contribution in [0, 0.1) is 11.3 Å². The number of fused-ring (bicyclic) bond motifs is 2. The molecule has 0 spiro atoms. The molecule has 0 N–H and O–H groups in total. The van der Waals surface area contributed by atoms with Crippen molar-refractivity contribution in [1.29, 1.82) is 0 Å². The summed E-state index contributed by atoms with van der Waals surface area (Å²) in [6.07, 6.45) is 4.58. The third-order valence-electron chi connectivity index (χ3n) is 6.86. The predicted octanol–water partition coefficient (Wildman–Crippen LogP) is 4.80. The van der Waals surface area contributed by atoms with Crippen LogP contribution in [0.3, 0.4) is 0 Å². The van der Waals surface area contributed by atoms with Gasteiger partial charge in [-0.25, -0.2) is 9.44 Å². The minimum Gasteiger partial charge on any atom is -0.354 e. The molecule has 3 atom stereocenters. The SMILES string of the molecule is CN1CC2CN(c3ccc(-c4ccc(-c5cnn(PI)c5)c5ncsc45)nn3)CC2(C)C1. The highest BCUT2D eigenvalue weighted by atomic mass is 127. The van der Waals surface area contributed by atoms with E-state index in [0.29, 0.717) is 17.7 Å². The van der Waals surface area contributed by atoms with Crippen molar-refractivity contribution in [3.8, 4) is 22.4 Å². The highest BCUT2D eigenvalue weighted by Crippen LogP contribution is 2.43. The average Bonchev–Trinajstić information content (AvgIpc) is 3.55. The quantitative estimate of drug-likeness (QED) is 0.258. The number of halogens is 1. The van der Waals surface area contributed by atoms with E-state index in [2.05, 4.69) is 96.6 Å². The number of rotatable bonds is 4. The third kappa shape index (κ3) is 3.45. The normalized spacial score (nSPS) is 23.7. The lowest BCUT2D eigenvalue weighted by Gasteiger charge is -2.24. The zero-order chi connectivity index (χ0) is 21.9. The molecule has 3 aromatic heterocycles. The van der Waals surface area contributed by atoms with E-state index in [0.717, 1.165) is 58.1 Å². The molecule has 0 radical (unpaired) electrons. The summed E-state index contributed by atoms with van der Waals surface area (Å²) in [6.45, 7) is 6.86. The van der Waals surface area contributed by atoms with E-state index in [9.17, 15) is 0 Å². The van der Waals surface area contributed by atoms with Crippen LogP contribution >= 0.6 is 39.8 Å². The van der Waals surface area contributed by atoms with Crippen LogP contribution in [-0.2, 0) is 0 Å². The molecular formula is C22H23IN7PS. The molecule has 2 fully saturated rings. The van der Waals surface area contributed by atoms with E-state index < -0.39 is 0 Å². The number of likely N-dealkylation sites (tertiary alicyclic amines) is 1. The molecule has 32 heavy (non-hydrogen) atoms. The van der Waals surface area contributed by atoms with E-state index in [-0.39, 0.29) is 0 Å². The van der Waals surface area contributed by atoms with Crippen LogP contribution in [-0.4, -0.2) is 62.9 Å². The second-order valence-electron chi connectivity index (χ2n) is 9.15. The Morgan fingerprint density at radius 1 is 1.12 bits per heavy atom. The molecule has 164 valence electrons. The van der Waals surface area contributed by atoms with E-state index in [1.54, 1.807) is 11.3 Å². The van der Waals surface area contributed by atoms with Crippen LogP contribution in [0.25, 0.3) is 32.6 Å². The molecule has 4 aromatic rings. The summed E-state index contributed by atoms with van der Waals surface area (Å²) in [5.74, 6) is 1.69. The van der Waals surface area contributed by atoms with Crippen LogP contribution in [0.5, 0.6) is 0 Å². The minimum atomic E-state index is 0.353. The Labute approximate surface area is 205 Å². The summed E-state index contributed by atoms with van der Waals surface area (Å²) in [5, 5.41) is 13.7. The first-order valence-electron chi connectivity index (χ1n) is 10.6. The van der Waals surface area contributed by atoms with Gasteiger partial charge in [0.1, 0.15) is 0 Å². The van der Waals surface area contributed by atoms with E-state index >= 15 is 0 Å². The van der Waals surface area contributed by atoms with E-state index in [4.69, 9.17) is 0 Å². The van der Waals surface area contributed by atoms with Crippen molar-refractivity contribution in [3.63, 3.8) is 0 Å². The fourth-order valence-electron chi connectivity index (χ4n) is 5.34.